The maximum absolute atomic E-state index is 12.2. The number of alkyl halides is 3. The molecule has 0 spiro atoms. The summed E-state index contributed by atoms with van der Waals surface area (Å²) in [5.74, 6) is -2.30. The number of carbonyl (C=O) groups excluding carboxylic acids is 2. The van der Waals surface area contributed by atoms with E-state index >= 15 is 0 Å². The summed E-state index contributed by atoms with van der Waals surface area (Å²) in [7, 11) is 0. The zero-order valence-corrected chi connectivity index (χ0v) is 9.53. The average Bonchev–Trinajstić information content (AvgIpc) is 2.52. The third-order valence-corrected chi connectivity index (χ3v) is 2.61. The van der Waals surface area contributed by atoms with Crippen LogP contribution in [0.1, 0.15) is 12.8 Å². The molecule has 0 bridgehead atoms. The lowest BCUT2D eigenvalue weighted by atomic mass is 10.3. The first kappa shape index (κ1) is 14.3. The first-order valence-corrected chi connectivity index (χ1v) is 5.37. The smallest absolute Gasteiger partial charge is 0.340 e. The third-order valence-electron chi connectivity index (χ3n) is 2.61. The summed E-state index contributed by atoms with van der Waals surface area (Å²) < 4.78 is 36.7. The van der Waals surface area contributed by atoms with Crippen LogP contribution in [0.2, 0.25) is 0 Å². The Kier molecular flexibility index (Phi) is 4.53. The van der Waals surface area contributed by atoms with Gasteiger partial charge in [0, 0.05) is 26.2 Å². The molecule has 100 valence electrons. The van der Waals surface area contributed by atoms with Gasteiger partial charge in [0.05, 0.1) is 6.07 Å². The third kappa shape index (κ3) is 3.61. The van der Waals surface area contributed by atoms with Crippen molar-refractivity contribution in [1.82, 2.24) is 9.80 Å². The highest BCUT2D eigenvalue weighted by Gasteiger charge is 2.42. The molecular formula is C10H12F3N3O2. The summed E-state index contributed by atoms with van der Waals surface area (Å²) in [6.07, 6.45) is -4.90. The number of carbonyl (C=O) groups is 2. The number of nitriles is 1. The summed E-state index contributed by atoms with van der Waals surface area (Å²) in [6, 6.07) is 1.69. The van der Waals surface area contributed by atoms with Crippen molar-refractivity contribution < 1.29 is 22.8 Å². The zero-order valence-electron chi connectivity index (χ0n) is 9.53. The van der Waals surface area contributed by atoms with Crippen LogP contribution in [0.15, 0.2) is 0 Å². The van der Waals surface area contributed by atoms with E-state index in [-0.39, 0.29) is 39.0 Å². The van der Waals surface area contributed by atoms with E-state index in [4.69, 9.17) is 5.26 Å². The quantitative estimate of drug-likeness (QED) is 0.693. The van der Waals surface area contributed by atoms with Crippen molar-refractivity contribution in [3.05, 3.63) is 0 Å². The number of amides is 2. The number of halogens is 3. The molecule has 1 rings (SSSR count). The van der Waals surface area contributed by atoms with Crippen LogP contribution < -0.4 is 0 Å². The second-order valence-corrected chi connectivity index (χ2v) is 3.86. The standard InChI is InChI=1S/C10H12F3N3O2/c11-10(12,13)9(18)16-5-1-4-15(6-7-16)8(17)2-3-14/h1-2,4-7H2. The Labute approximate surface area is 102 Å². The van der Waals surface area contributed by atoms with E-state index in [1.165, 1.54) is 4.90 Å². The summed E-state index contributed by atoms with van der Waals surface area (Å²) >= 11 is 0. The molecule has 5 nitrogen and oxygen atoms in total. The van der Waals surface area contributed by atoms with E-state index < -0.39 is 18.0 Å². The fourth-order valence-electron chi connectivity index (χ4n) is 1.73. The SMILES string of the molecule is N#CCC(=O)N1CCCN(C(=O)C(F)(F)F)CC1. The summed E-state index contributed by atoms with van der Waals surface area (Å²) in [4.78, 5) is 24.4. The summed E-state index contributed by atoms with van der Waals surface area (Å²) in [6.45, 7) is 0.106. The first-order chi connectivity index (χ1) is 8.36. The molecule has 1 heterocycles. The van der Waals surface area contributed by atoms with Gasteiger partial charge in [0.2, 0.25) is 5.91 Å². The lowest BCUT2D eigenvalue weighted by molar-refractivity contribution is -0.185. The molecule has 1 fully saturated rings. The van der Waals surface area contributed by atoms with Crippen molar-refractivity contribution in [2.45, 2.75) is 19.0 Å². The zero-order chi connectivity index (χ0) is 13.8. The average molecular weight is 263 g/mol. The van der Waals surface area contributed by atoms with Crippen molar-refractivity contribution >= 4 is 11.8 Å². The molecule has 0 aliphatic carbocycles. The van der Waals surface area contributed by atoms with Crippen LogP contribution in [0.25, 0.3) is 0 Å². The van der Waals surface area contributed by atoms with Gasteiger partial charge in [-0.05, 0) is 6.42 Å². The van der Waals surface area contributed by atoms with Crippen molar-refractivity contribution in [2.24, 2.45) is 0 Å². The normalized spacial score (nSPS) is 17.0. The van der Waals surface area contributed by atoms with Gasteiger partial charge in [0.15, 0.2) is 0 Å². The van der Waals surface area contributed by atoms with Gasteiger partial charge in [-0.2, -0.15) is 18.4 Å². The summed E-state index contributed by atoms with van der Waals surface area (Å²) in [5, 5.41) is 8.37. The second kappa shape index (κ2) is 5.71. The molecule has 0 aromatic rings. The fourth-order valence-corrected chi connectivity index (χ4v) is 1.73. The first-order valence-electron chi connectivity index (χ1n) is 5.37. The van der Waals surface area contributed by atoms with Gasteiger partial charge in [0.1, 0.15) is 6.42 Å². The highest BCUT2D eigenvalue weighted by Crippen LogP contribution is 2.19. The van der Waals surface area contributed by atoms with Crippen LogP contribution in [0.5, 0.6) is 0 Å². The second-order valence-electron chi connectivity index (χ2n) is 3.86. The lowest BCUT2D eigenvalue weighted by Crippen LogP contribution is -2.43. The van der Waals surface area contributed by atoms with Crippen LogP contribution in [0.4, 0.5) is 13.2 Å². The highest BCUT2D eigenvalue weighted by atomic mass is 19.4. The fraction of sp³-hybridized carbons (Fsp3) is 0.700. The largest absolute Gasteiger partial charge is 0.471 e. The molecule has 0 saturated carbocycles. The number of rotatable bonds is 1. The van der Waals surface area contributed by atoms with E-state index in [1.807, 2.05) is 0 Å². The predicted molar refractivity (Wildman–Crippen MR) is 54.1 cm³/mol. The molecule has 2 amide bonds. The molecule has 0 atom stereocenters. The molecule has 1 aliphatic heterocycles. The molecule has 0 N–H and O–H groups in total. The molecule has 8 heteroatoms. The molecule has 1 saturated heterocycles. The Morgan fingerprint density at radius 3 is 2.22 bits per heavy atom. The van der Waals surface area contributed by atoms with Gasteiger partial charge in [-0.15, -0.1) is 0 Å². The minimum atomic E-state index is -4.88. The van der Waals surface area contributed by atoms with Gasteiger partial charge < -0.3 is 9.80 Å². The molecule has 0 aromatic heterocycles. The van der Waals surface area contributed by atoms with E-state index in [9.17, 15) is 22.8 Å². The van der Waals surface area contributed by atoms with E-state index in [0.29, 0.717) is 4.90 Å². The highest BCUT2D eigenvalue weighted by molar-refractivity contribution is 5.82. The maximum Gasteiger partial charge on any atom is 0.471 e. The maximum atomic E-state index is 12.2. The van der Waals surface area contributed by atoms with Gasteiger partial charge in [-0.1, -0.05) is 0 Å². The van der Waals surface area contributed by atoms with Gasteiger partial charge >= 0.3 is 12.1 Å². The van der Waals surface area contributed by atoms with Crippen molar-refractivity contribution in [1.29, 1.82) is 5.26 Å². The summed E-state index contributed by atoms with van der Waals surface area (Å²) in [5.41, 5.74) is 0. The number of nitrogens with zero attached hydrogens (tertiary/aromatic N) is 3. The minimum Gasteiger partial charge on any atom is -0.340 e. The number of hydrogen-bond acceptors (Lipinski definition) is 3. The molecule has 0 aromatic carbocycles. The van der Waals surface area contributed by atoms with Crippen molar-refractivity contribution in [3.63, 3.8) is 0 Å². The monoisotopic (exact) mass is 263 g/mol. The topological polar surface area (TPSA) is 64.4 Å². The Morgan fingerprint density at radius 2 is 1.67 bits per heavy atom. The molecule has 0 unspecified atom stereocenters. The molecule has 18 heavy (non-hydrogen) atoms. The van der Waals surface area contributed by atoms with Crippen molar-refractivity contribution in [2.75, 3.05) is 26.2 Å². The Bertz CT molecular complexity index is 376. The predicted octanol–water partition coefficient (Wildman–Crippen LogP) is 0.523. The van der Waals surface area contributed by atoms with Crippen LogP contribution in [-0.4, -0.2) is 54.0 Å². The van der Waals surface area contributed by atoms with Crippen LogP contribution in [-0.2, 0) is 9.59 Å². The Morgan fingerprint density at radius 1 is 1.11 bits per heavy atom. The van der Waals surface area contributed by atoms with E-state index in [0.717, 1.165) is 0 Å². The van der Waals surface area contributed by atoms with Crippen LogP contribution in [0.3, 0.4) is 0 Å². The van der Waals surface area contributed by atoms with E-state index in [2.05, 4.69) is 0 Å². The van der Waals surface area contributed by atoms with E-state index in [1.54, 1.807) is 6.07 Å². The van der Waals surface area contributed by atoms with Gasteiger partial charge in [-0.25, -0.2) is 0 Å². The minimum absolute atomic E-state index is 0.0301. The van der Waals surface area contributed by atoms with Gasteiger partial charge in [0.25, 0.3) is 0 Å². The Balaban J connectivity index is 2.60. The molecular weight excluding hydrogens is 251 g/mol. The van der Waals surface area contributed by atoms with Crippen LogP contribution in [0, 0.1) is 11.3 Å². The van der Waals surface area contributed by atoms with Crippen molar-refractivity contribution in [3.8, 4) is 6.07 Å². The van der Waals surface area contributed by atoms with Gasteiger partial charge in [-0.3, -0.25) is 9.59 Å². The lowest BCUT2D eigenvalue weighted by Gasteiger charge is -2.22. The molecule has 1 aliphatic rings. The molecule has 0 radical (unpaired) electrons. The number of hydrogen-bond donors (Lipinski definition) is 0. The Hall–Kier alpha value is -1.78. The van der Waals surface area contributed by atoms with Crippen LogP contribution >= 0.6 is 0 Å².